The molecule has 0 aliphatic heterocycles. The van der Waals surface area contributed by atoms with Gasteiger partial charge in [-0.3, -0.25) is 0 Å². The van der Waals surface area contributed by atoms with Gasteiger partial charge in [-0.1, -0.05) is 29.9 Å². The molecule has 3 nitrogen and oxygen atoms in total. The Morgan fingerprint density at radius 3 is 2.75 bits per heavy atom. The Kier molecular flexibility index (Phi) is 5.92. The predicted octanol–water partition coefficient (Wildman–Crippen LogP) is 3.68. The van der Waals surface area contributed by atoms with Crippen molar-refractivity contribution in [1.82, 2.24) is 0 Å². The molecule has 0 fully saturated rings. The van der Waals surface area contributed by atoms with E-state index in [1.807, 2.05) is 26.0 Å². The summed E-state index contributed by atoms with van der Waals surface area (Å²) in [5.41, 5.74) is 0.895. The second-order valence-electron chi connectivity index (χ2n) is 3.94. The highest BCUT2D eigenvalue weighted by molar-refractivity contribution is 5.84. The van der Waals surface area contributed by atoms with Crippen LogP contribution in [0, 0.1) is 17.1 Å². The quantitative estimate of drug-likeness (QED) is 0.363. The summed E-state index contributed by atoms with van der Waals surface area (Å²) in [5, 5.41) is 8.58. The largest absolute Gasteiger partial charge is 0.423 e. The number of nitrogens with zero attached hydrogens (tertiary/aromatic N) is 1. The van der Waals surface area contributed by atoms with Crippen molar-refractivity contribution in [3.8, 4) is 11.8 Å². The Labute approximate surface area is 117 Å². The molecule has 0 saturated carbocycles. The molecule has 1 rings (SSSR count). The van der Waals surface area contributed by atoms with Crippen molar-refractivity contribution in [3.63, 3.8) is 0 Å². The van der Waals surface area contributed by atoms with Crippen LogP contribution in [0.2, 0.25) is 0 Å². The third-order valence-electron chi connectivity index (χ3n) is 2.30. The predicted molar refractivity (Wildman–Crippen MR) is 74.5 cm³/mol. The first kappa shape index (κ1) is 15.4. The minimum absolute atomic E-state index is 0.0605. The summed E-state index contributed by atoms with van der Waals surface area (Å²) in [5.74, 6) is -1.27. The lowest BCUT2D eigenvalue weighted by Gasteiger charge is -2.01. The number of hydrogen-bond donors (Lipinski definition) is 0. The smallest absolute Gasteiger partial charge is 0.336 e. The zero-order valence-corrected chi connectivity index (χ0v) is 11.3. The van der Waals surface area contributed by atoms with Crippen molar-refractivity contribution in [1.29, 1.82) is 5.26 Å². The molecular formula is C16H14FNO2. The Hall–Kier alpha value is -2.67. The third kappa shape index (κ3) is 4.91. The summed E-state index contributed by atoms with van der Waals surface area (Å²) in [6.45, 7) is 3.79. The van der Waals surface area contributed by atoms with Crippen molar-refractivity contribution in [2.24, 2.45) is 0 Å². The van der Waals surface area contributed by atoms with Crippen LogP contribution in [0.5, 0.6) is 5.75 Å². The van der Waals surface area contributed by atoms with Crippen LogP contribution in [0.3, 0.4) is 0 Å². The van der Waals surface area contributed by atoms with Crippen molar-refractivity contribution < 1.29 is 13.9 Å². The van der Waals surface area contributed by atoms with Crippen LogP contribution in [0.4, 0.5) is 4.39 Å². The summed E-state index contributed by atoms with van der Waals surface area (Å²) in [4.78, 5) is 11.5. The molecule has 102 valence electrons. The van der Waals surface area contributed by atoms with Crippen LogP contribution in [-0.2, 0) is 4.79 Å². The van der Waals surface area contributed by atoms with Crippen molar-refractivity contribution in [2.45, 2.75) is 13.8 Å². The van der Waals surface area contributed by atoms with Gasteiger partial charge in [0.05, 0.1) is 5.56 Å². The van der Waals surface area contributed by atoms with Gasteiger partial charge in [-0.25, -0.2) is 9.18 Å². The maximum atomic E-state index is 13.3. The van der Waals surface area contributed by atoms with Crippen LogP contribution < -0.4 is 4.74 Å². The van der Waals surface area contributed by atoms with Crippen molar-refractivity contribution in [3.05, 3.63) is 65.5 Å². The van der Waals surface area contributed by atoms with Crippen LogP contribution in [0.1, 0.15) is 19.4 Å². The Morgan fingerprint density at radius 1 is 1.40 bits per heavy atom. The summed E-state index contributed by atoms with van der Waals surface area (Å²) in [7, 11) is 0. The molecule has 20 heavy (non-hydrogen) atoms. The Bertz CT molecular complexity index is 622. The molecule has 0 saturated heterocycles. The summed E-state index contributed by atoms with van der Waals surface area (Å²) < 4.78 is 18.2. The molecule has 1 aromatic rings. The Morgan fingerprint density at radius 2 is 2.15 bits per heavy atom. The Balaban J connectivity index is 2.68. The van der Waals surface area contributed by atoms with E-state index in [-0.39, 0.29) is 11.3 Å². The average Bonchev–Trinajstić information content (AvgIpc) is 2.39. The molecule has 0 spiro atoms. The number of hydrogen-bond acceptors (Lipinski definition) is 3. The maximum absolute atomic E-state index is 13.3. The minimum Gasteiger partial charge on any atom is -0.423 e. The van der Waals surface area contributed by atoms with E-state index in [1.54, 1.807) is 18.2 Å². The molecule has 0 aliphatic carbocycles. The van der Waals surface area contributed by atoms with Gasteiger partial charge in [0.1, 0.15) is 17.6 Å². The van der Waals surface area contributed by atoms with Gasteiger partial charge < -0.3 is 4.74 Å². The van der Waals surface area contributed by atoms with Gasteiger partial charge in [0.15, 0.2) is 0 Å². The van der Waals surface area contributed by atoms with Crippen molar-refractivity contribution in [2.75, 3.05) is 0 Å². The fourth-order valence-electron chi connectivity index (χ4n) is 1.40. The number of halogens is 1. The lowest BCUT2D eigenvalue weighted by molar-refractivity contribution is -0.129. The molecule has 0 bridgehead atoms. The number of rotatable bonds is 4. The standard InChI is InChI=1S/C16H14FNO2/c1-3-5-12(2)6-4-7-16(19)20-14-9-8-13(11-18)15(17)10-14/h3-10H,1-2H3/b5-3-,7-4-,12-6-. The molecule has 1 aromatic carbocycles. The third-order valence-corrected chi connectivity index (χ3v) is 2.30. The first-order valence-corrected chi connectivity index (χ1v) is 5.96. The lowest BCUT2D eigenvalue weighted by atomic mass is 10.2. The van der Waals surface area contributed by atoms with E-state index in [2.05, 4.69) is 0 Å². The number of carbonyl (C=O) groups excluding carboxylic acids is 1. The van der Waals surface area contributed by atoms with E-state index in [9.17, 15) is 9.18 Å². The van der Waals surface area contributed by atoms with Gasteiger partial charge in [0.25, 0.3) is 0 Å². The van der Waals surface area contributed by atoms with Crippen LogP contribution in [0.25, 0.3) is 0 Å². The fourth-order valence-corrected chi connectivity index (χ4v) is 1.40. The number of benzene rings is 1. The molecule has 0 atom stereocenters. The zero-order chi connectivity index (χ0) is 15.0. The van der Waals surface area contributed by atoms with Gasteiger partial charge in [0, 0.05) is 12.1 Å². The van der Waals surface area contributed by atoms with E-state index < -0.39 is 11.8 Å². The first-order chi connectivity index (χ1) is 9.56. The van der Waals surface area contributed by atoms with Crippen molar-refractivity contribution >= 4 is 5.97 Å². The molecule has 0 N–H and O–H groups in total. The molecule has 0 aromatic heterocycles. The van der Waals surface area contributed by atoms with Gasteiger partial charge in [-0.2, -0.15) is 5.26 Å². The molecule has 0 radical (unpaired) electrons. The van der Waals surface area contributed by atoms with Gasteiger partial charge in [-0.05, 0) is 26.0 Å². The lowest BCUT2D eigenvalue weighted by Crippen LogP contribution is -2.04. The topological polar surface area (TPSA) is 50.1 Å². The number of carbonyl (C=O) groups is 1. The SMILES string of the molecule is C\C=C/C(C)=C\C=C/C(=O)Oc1ccc(C#N)c(F)c1. The highest BCUT2D eigenvalue weighted by Crippen LogP contribution is 2.16. The van der Waals surface area contributed by atoms with E-state index in [1.165, 1.54) is 18.2 Å². The average molecular weight is 271 g/mol. The fraction of sp³-hybridized carbons (Fsp3) is 0.125. The number of esters is 1. The van der Waals surface area contributed by atoms with E-state index in [4.69, 9.17) is 10.00 Å². The molecule has 0 aliphatic rings. The summed E-state index contributed by atoms with van der Waals surface area (Å²) in [6.07, 6.45) is 8.32. The molecule has 0 unspecified atom stereocenters. The second kappa shape index (κ2) is 7.70. The minimum atomic E-state index is -0.717. The molecule has 0 amide bonds. The van der Waals surface area contributed by atoms with E-state index in [0.29, 0.717) is 0 Å². The van der Waals surface area contributed by atoms with Crippen LogP contribution in [0.15, 0.2) is 54.2 Å². The monoisotopic (exact) mass is 271 g/mol. The van der Waals surface area contributed by atoms with E-state index >= 15 is 0 Å². The number of ether oxygens (including phenoxy) is 1. The second-order valence-corrected chi connectivity index (χ2v) is 3.94. The van der Waals surface area contributed by atoms with Crippen LogP contribution in [-0.4, -0.2) is 5.97 Å². The highest BCUT2D eigenvalue weighted by Gasteiger charge is 2.05. The molecule has 0 heterocycles. The molecule has 4 heteroatoms. The normalized spacial score (nSPS) is 11.8. The van der Waals surface area contributed by atoms with E-state index in [0.717, 1.165) is 11.6 Å². The number of nitriles is 1. The summed E-state index contributed by atoms with van der Waals surface area (Å²) >= 11 is 0. The van der Waals surface area contributed by atoms with Crippen LogP contribution >= 0.6 is 0 Å². The van der Waals surface area contributed by atoms with Gasteiger partial charge >= 0.3 is 5.97 Å². The van der Waals surface area contributed by atoms with Gasteiger partial charge in [-0.15, -0.1) is 0 Å². The first-order valence-electron chi connectivity index (χ1n) is 5.96. The van der Waals surface area contributed by atoms with Gasteiger partial charge in [0.2, 0.25) is 0 Å². The highest BCUT2D eigenvalue weighted by atomic mass is 19.1. The maximum Gasteiger partial charge on any atom is 0.336 e. The number of allylic oxidation sites excluding steroid dienone is 5. The molecular weight excluding hydrogens is 257 g/mol. The summed E-state index contributed by atoms with van der Waals surface area (Å²) in [6, 6.07) is 5.33. The zero-order valence-electron chi connectivity index (χ0n) is 11.3.